The number of sulfonamides is 1. The molecular weight excluding hydrogens is 486 g/mol. The average Bonchev–Trinajstić information content (AvgIpc) is 3.29. The Morgan fingerprint density at radius 2 is 1.86 bits per heavy atom. The predicted molar refractivity (Wildman–Crippen MR) is 145 cm³/mol. The molecule has 37 heavy (non-hydrogen) atoms. The van der Waals surface area contributed by atoms with Crippen molar-refractivity contribution in [2.24, 2.45) is 5.92 Å². The fourth-order valence-electron chi connectivity index (χ4n) is 5.38. The van der Waals surface area contributed by atoms with E-state index in [0.29, 0.717) is 31.6 Å². The number of aromatic nitrogens is 1. The topological polar surface area (TPSA) is 83.7 Å². The van der Waals surface area contributed by atoms with Crippen LogP contribution in [0.2, 0.25) is 0 Å². The molecular formula is C29H33N3O4S. The van der Waals surface area contributed by atoms with Crippen LogP contribution < -0.4 is 4.90 Å². The van der Waals surface area contributed by atoms with Crippen LogP contribution in [-0.2, 0) is 21.2 Å². The number of fused-ring (bicyclic) bond motifs is 1. The van der Waals surface area contributed by atoms with Crippen molar-refractivity contribution in [2.45, 2.75) is 51.3 Å². The lowest BCUT2D eigenvalue weighted by molar-refractivity contribution is -0.123. The van der Waals surface area contributed by atoms with Gasteiger partial charge in [0.15, 0.2) is 10.7 Å². The van der Waals surface area contributed by atoms with Gasteiger partial charge in [-0.25, -0.2) is 8.42 Å². The number of rotatable bonds is 5. The highest BCUT2D eigenvalue weighted by atomic mass is 32.2. The molecule has 1 aromatic heterocycles. The third-order valence-corrected chi connectivity index (χ3v) is 9.41. The predicted octanol–water partition coefficient (Wildman–Crippen LogP) is 5.15. The van der Waals surface area contributed by atoms with Gasteiger partial charge in [-0.15, -0.1) is 0 Å². The van der Waals surface area contributed by atoms with Crippen molar-refractivity contribution >= 4 is 33.8 Å². The molecule has 0 aliphatic carbocycles. The van der Waals surface area contributed by atoms with E-state index in [1.807, 2.05) is 61.2 Å². The Hall–Kier alpha value is -3.23. The summed E-state index contributed by atoms with van der Waals surface area (Å²) in [6.45, 7) is 6.86. The fourth-order valence-corrected chi connectivity index (χ4v) is 7.15. The zero-order valence-electron chi connectivity index (χ0n) is 21.6. The number of anilines is 1. The fraction of sp³-hybridized carbons (Fsp3) is 0.379. The van der Waals surface area contributed by atoms with Crippen molar-refractivity contribution in [1.82, 2.24) is 9.46 Å². The lowest BCUT2D eigenvalue weighted by Gasteiger charge is -2.36. The Balaban J connectivity index is 1.39. The quantitative estimate of drug-likeness (QED) is 0.466. The van der Waals surface area contributed by atoms with Gasteiger partial charge in [0.1, 0.15) is 5.69 Å². The van der Waals surface area contributed by atoms with Gasteiger partial charge in [0, 0.05) is 25.3 Å². The Morgan fingerprint density at radius 3 is 2.70 bits per heavy atom. The van der Waals surface area contributed by atoms with Crippen LogP contribution in [0, 0.1) is 26.7 Å². The summed E-state index contributed by atoms with van der Waals surface area (Å²) in [6, 6.07) is 14.1. The van der Waals surface area contributed by atoms with Gasteiger partial charge in [-0.05, 0) is 75.3 Å². The van der Waals surface area contributed by atoms with Crippen molar-refractivity contribution in [2.75, 3.05) is 24.5 Å². The van der Waals surface area contributed by atoms with Crippen LogP contribution in [0.15, 0.2) is 51.9 Å². The highest BCUT2D eigenvalue weighted by Crippen LogP contribution is 2.33. The van der Waals surface area contributed by atoms with E-state index in [4.69, 9.17) is 4.52 Å². The van der Waals surface area contributed by atoms with Crippen molar-refractivity contribution in [3.63, 3.8) is 0 Å². The summed E-state index contributed by atoms with van der Waals surface area (Å²) in [6.07, 6.45) is 6.70. The molecule has 1 saturated heterocycles. The minimum Gasteiger partial charge on any atom is -0.355 e. The number of aryl methyl sites for hydroxylation is 4. The Kier molecular flexibility index (Phi) is 7.05. The van der Waals surface area contributed by atoms with E-state index in [2.05, 4.69) is 11.2 Å². The number of para-hydroxylation sites is 1. The molecule has 5 rings (SSSR count). The molecule has 8 heteroatoms. The summed E-state index contributed by atoms with van der Waals surface area (Å²) in [5, 5.41) is 3.98. The van der Waals surface area contributed by atoms with E-state index < -0.39 is 10.0 Å². The van der Waals surface area contributed by atoms with E-state index in [9.17, 15) is 13.2 Å². The molecule has 0 N–H and O–H groups in total. The normalized spacial score (nSPS) is 18.8. The van der Waals surface area contributed by atoms with Crippen molar-refractivity contribution in [3.8, 4) is 0 Å². The first-order valence-corrected chi connectivity index (χ1v) is 14.3. The summed E-state index contributed by atoms with van der Waals surface area (Å²) in [7, 11) is -3.91. The highest BCUT2D eigenvalue weighted by Gasteiger charge is 2.38. The Labute approximate surface area is 218 Å². The maximum absolute atomic E-state index is 13.8. The first-order valence-electron chi connectivity index (χ1n) is 12.9. The second kappa shape index (κ2) is 10.3. The molecule has 3 heterocycles. The minimum atomic E-state index is -3.91. The van der Waals surface area contributed by atoms with Crippen LogP contribution in [0.4, 0.5) is 5.69 Å². The molecule has 2 aliphatic heterocycles. The third-order valence-electron chi connectivity index (χ3n) is 7.39. The van der Waals surface area contributed by atoms with Crippen LogP contribution in [0.1, 0.15) is 53.0 Å². The van der Waals surface area contributed by atoms with Crippen molar-refractivity contribution < 1.29 is 17.7 Å². The van der Waals surface area contributed by atoms with E-state index >= 15 is 0 Å². The van der Waals surface area contributed by atoms with E-state index in [0.717, 1.165) is 35.2 Å². The standard InChI is InChI=1S/C29H33N3O4S/c1-20-12-13-21(2)24(18-20)14-15-27-28(22(3)30-36-27)37(34,35)31-16-6-10-25(19-31)29(33)32-17-7-9-23-8-4-5-11-26(23)32/h4-5,8,11-15,18,25H,6-7,9-10,16-17,19H2,1-3H3. The molecule has 2 aliphatic rings. The van der Waals surface area contributed by atoms with Gasteiger partial charge in [0.25, 0.3) is 0 Å². The smallest absolute Gasteiger partial charge is 0.248 e. The van der Waals surface area contributed by atoms with Gasteiger partial charge in [-0.1, -0.05) is 53.2 Å². The number of carbonyl (C=O) groups is 1. The SMILES string of the molecule is Cc1ccc(C)c(C=Cc2onc(C)c2S(=O)(=O)N2CCCC(C(=O)N3CCCc4ccccc43)C2)c1. The molecule has 1 amide bonds. The molecule has 1 fully saturated rings. The van der Waals surface area contributed by atoms with Crippen molar-refractivity contribution in [3.05, 3.63) is 76.2 Å². The number of hydrogen-bond acceptors (Lipinski definition) is 5. The molecule has 1 unspecified atom stereocenters. The number of hydrogen-bond donors (Lipinski definition) is 0. The Morgan fingerprint density at radius 1 is 1.05 bits per heavy atom. The summed E-state index contributed by atoms with van der Waals surface area (Å²) >= 11 is 0. The van der Waals surface area contributed by atoms with Gasteiger partial charge in [0.2, 0.25) is 15.9 Å². The third kappa shape index (κ3) is 5.00. The second-order valence-electron chi connectivity index (χ2n) is 10.1. The summed E-state index contributed by atoms with van der Waals surface area (Å²) in [4.78, 5) is 15.5. The molecule has 0 radical (unpaired) electrons. The zero-order chi connectivity index (χ0) is 26.2. The van der Waals surface area contributed by atoms with Crippen molar-refractivity contribution in [1.29, 1.82) is 0 Å². The number of carbonyl (C=O) groups excluding carboxylic acids is 1. The van der Waals surface area contributed by atoms with E-state index in [1.54, 1.807) is 13.0 Å². The summed E-state index contributed by atoms with van der Waals surface area (Å²) in [5.41, 5.74) is 5.63. The number of piperidine rings is 1. The Bertz CT molecular complexity index is 1460. The van der Waals surface area contributed by atoms with Gasteiger partial charge >= 0.3 is 0 Å². The second-order valence-corrected chi connectivity index (χ2v) is 12.0. The summed E-state index contributed by atoms with van der Waals surface area (Å²) in [5.74, 6) is -0.176. The van der Waals surface area contributed by atoms with Gasteiger partial charge in [-0.2, -0.15) is 4.31 Å². The molecule has 0 bridgehead atoms. The summed E-state index contributed by atoms with van der Waals surface area (Å²) < 4.78 is 34.6. The molecule has 2 aromatic carbocycles. The molecule has 3 aromatic rings. The lowest BCUT2D eigenvalue weighted by atomic mass is 9.95. The number of amides is 1. The van der Waals surface area contributed by atoms with Crippen LogP contribution in [0.5, 0.6) is 0 Å². The van der Waals surface area contributed by atoms with Gasteiger partial charge in [-0.3, -0.25) is 4.79 Å². The largest absolute Gasteiger partial charge is 0.355 e. The monoisotopic (exact) mass is 519 g/mol. The molecule has 1 atom stereocenters. The molecule has 7 nitrogen and oxygen atoms in total. The zero-order valence-corrected chi connectivity index (χ0v) is 22.4. The lowest BCUT2D eigenvalue weighted by Crippen LogP contribution is -2.48. The van der Waals surface area contributed by atoms with Gasteiger partial charge < -0.3 is 9.42 Å². The van der Waals surface area contributed by atoms with E-state index in [1.165, 1.54) is 9.87 Å². The van der Waals surface area contributed by atoms with Gasteiger partial charge in [0.05, 0.1) is 5.92 Å². The molecule has 0 saturated carbocycles. The van der Waals surface area contributed by atoms with Crippen LogP contribution >= 0.6 is 0 Å². The molecule has 194 valence electrons. The number of benzene rings is 2. The first kappa shape index (κ1) is 25.4. The first-order chi connectivity index (χ1) is 17.8. The van der Waals surface area contributed by atoms with Crippen LogP contribution in [0.25, 0.3) is 12.2 Å². The van der Waals surface area contributed by atoms with Crippen LogP contribution in [-0.4, -0.2) is 43.4 Å². The van der Waals surface area contributed by atoms with E-state index in [-0.39, 0.29) is 29.0 Å². The maximum Gasteiger partial charge on any atom is 0.248 e. The molecule has 0 spiro atoms. The highest BCUT2D eigenvalue weighted by molar-refractivity contribution is 7.89. The minimum absolute atomic E-state index is 0.00383. The van der Waals surface area contributed by atoms with Crippen LogP contribution in [0.3, 0.4) is 0 Å². The average molecular weight is 520 g/mol. The maximum atomic E-state index is 13.8. The number of nitrogens with zero attached hydrogens (tertiary/aromatic N) is 3.